The largest absolute Gasteiger partial charge is 0.481 e. The van der Waals surface area contributed by atoms with Crippen LogP contribution in [-0.2, 0) is 17.4 Å². The molecule has 0 aliphatic heterocycles. The van der Waals surface area contributed by atoms with Gasteiger partial charge in [0.25, 0.3) is 0 Å². The number of methoxy groups -OCH3 is 1. The first-order valence-corrected chi connectivity index (χ1v) is 4.17. The van der Waals surface area contributed by atoms with Crippen LogP contribution in [0.15, 0.2) is 12.1 Å². The van der Waals surface area contributed by atoms with Crippen molar-refractivity contribution < 1.29 is 27.8 Å². The van der Waals surface area contributed by atoms with Crippen LogP contribution in [0.1, 0.15) is 11.3 Å². The summed E-state index contributed by atoms with van der Waals surface area (Å²) in [6.45, 7) is 0. The van der Waals surface area contributed by atoms with Gasteiger partial charge in [0.2, 0.25) is 5.88 Å². The number of nitrogens with zero attached hydrogens (tertiary/aromatic N) is 1. The first kappa shape index (κ1) is 12.3. The van der Waals surface area contributed by atoms with Crippen molar-refractivity contribution in [1.82, 2.24) is 4.98 Å². The third kappa shape index (κ3) is 3.11. The van der Waals surface area contributed by atoms with Gasteiger partial charge in [-0.3, -0.25) is 4.79 Å². The molecule has 0 aliphatic rings. The highest BCUT2D eigenvalue weighted by molar-refractivity contribution is 5.69. The van der Waals surface area contributed by atoms with Crippen LogP contribution in [0.3, 0.4) is 0 Å². The number of carbonyl (C=O) groups is 1. The summed E-state index contributed by atoms with van der Waals surface area (Å²) < 4.78 is 41.7. The molecule has 0 aliphatic carbocycles. The van der Waals surface area contributed by atoms with Crippen molar-refractivity contribution in [2.45, 2.75) is 12.6 Å². The third-order valence-electron chi connectivity index (χ3n) is 1.72. The van der Waals surface area contributed by atoms with E-state index in [4.69, 9.17) is 5.11 Å². The minimum Gasteiger partial charge on any atom is -0.481 e. The topological polar surface area (TPSA) is 59.4 Å². The zero-order chi connectivity index (χ0) is 12.3. The molecule has 0 amide bonds. The number of alkyl halides is 3. The summed E-state index contributed by atoms with van der Waals surface area (Å²) in [7, 11) is 1.16. The number of aliphatic carboxylic acids is 1. The van der Waals surface area contributed by atoms with Crippen LogP contribution >= 0.6 is 0 Å². The lowest BCUT2D eigenvalue weighted by molar-refractivity contribution is -0.139. The van der Waals surface area contributed by atoms with E-state index in [-0.39, 0.29) is 11.6 Å². The molecule has 1 aromatic heterocycles. The van der Waals surface area contributed by atoms with Gasteiger partial charge in [0, 0.05) is 6.07 Å². The van der Waals surface area contributed by atoms with Gasteiger partial charge in [-0.25, -0.2) is 4.98 Å². The zero-order valence-electron chi connectivity index (χ0n) is 8.21. The fourth-order valence-corrected chi connectivity index (χ4v) is 1.07. The Balaban J connectivity index is 3.16. The molecule has 4 nitrogen and oxygen atoms in total. The van der Waals surface area contributed by atoms with E-state index in [0.717, 1.165) is 7.11 Å². The van der Waals surface area contributed by atoms with Gasteiger partial charge in [0.1, 0.15) is 0 Å². The van der Waals surface area contributed by atoms with E-state index >= 15 is 0 Å². The number of carboxylic acid groups (broad SMARTS) is 1. The Morgan fingerprint density at radius 1 is 1.50 bits per heavy atom. The van der Waals surface area contributed by atoms with Gasteiger partial charge in [-0.2, -0.15) is 13.2 Å². The van der Waals surface area contributed by atoms with Gasteiger partial charge >= 0.3 is 12.1 Å². The molecule has 1 aromatic rings. The van der Waals surface area contributed by atoms with E-state index in [1.54, 1.807) is 0 Å². The van der Waals surface area contributed by atoms with Gasteiger partial charge in [-0.15, -0.1) is 0 Å². The van der Waals surface area contributed by atoms with Crippen molar-refractivity contribution in [3.63, 3.8) is 0 Å². The molecule has 0 spiro atoms. The minimum atomic E-state index is -4.55. The molecular weight excluding hydrogens is 227 g/mol. The van der Waals surface area contributed by atoms with Crippen LogP contribution in [0.2, 0.25) is 0 Å². The zero-order valence-corrected chi connectivity index (χ0v) is 8.21. The van der Waals surface area contributed by atoms with Crippen molar-refractivity contribution in [3.05, 3.63) is 23.4 Å². The molecule has 0 unspecified atom stereocenters. The Bertz CT molecular complexity index is 403. The number of halogens is 3. The molecule has 1 heterocycles. The number of carboxylic acids is 1. The lowest BCUT2D eigenvalue weighted by atomic mass is 10.2. The Hall–Kier alpha value is -1.79. The van der Waals surface area contributed by atoms with E-state index in [0.29, 0.717) is 12.1 Å². The van der Waals surface area contributed by atoms with E-state index in [1.807, 2.05) is 0 Å². The summed E-state index contributed by atoms with van der Waals surface area (Å²) in [6, 6.07) is 1.40. The average Bonchev–Trinajstić information content (AvgIpc) is 2.14. The molecule has 0 atom stereocenters. The number of aromatic nitrogens is 1. The normalized spacial score (nSPS) is 11.2. The van der Waals surface area contributed by atoms with Crippen LogP contribution in [0.25, 0.3) is 0 Å². The Labute approximate surface area is 88.7 Å². The van der Waals surface area contributed by atoms with Crippen molar-refractivity contribution in [1.29, 1.82) is 0 Å². The molecule has 0 radical (unpaired) electrons. The first-order valence-electron chi connectivity index (χ1n) is 4.17. The van der Waals surface area contributed by atoms with Crippen molar-refractivity contribution in [3.8, 4) is 5.88 Å². The second-order valence-electron chi connectivity index (χ2n) is 2.96. The van der Waals surface area contributed by atoms with Crippen LogP contribution in [-0.4, -0.2) is 23.2 Å². The van der Waals surface area contributed by atoms with E-state index in [1.165, 1.54) is 0 Å². The molecular formula is C9H8F3NO3. The fourth-order valence-electron chi connectivity index (χ4n) is 1.07. The second-order valence-corrected chi connectivity index (χ2v) is 2.96. The first-order chi connectivity index (χ1) is 7.32. The SMILES string of the molecule is COc1cc(C(F)(F)F)cc(CC(=O)O)n1. The van der Waals surface area contributed by atoms with Crippen molar-refractivity contribution in [2.75, 3.05) is 7.11 Å². The third-order valence-corrected chi connectivity index (χ3v) is 1.72. The van der Waals surface area contributed by atoms with Gasteiger partial charge < -0.3 is 9.84 Å². The quantitative estimate of drug-likeness (QED) is 0.866. The number of hydrogen-bond donors (Lipinski definition) is 1. The van der Waals surface area contributed by atoms with Crippen molar-refractivity contribution >= 4 is 5.97 Å². The molecule has 0 bridgehead atoms. The maximum Gasteiger partial charge on any atom is 0.416 e. The highest BCUT2D eigenvalue weighted by Crippen LogP contribution is 2.31. The highest BCUT2D eigenvalue weighted by atomic mass is 19.4. The molecule has 0 fully saturated rings. The highest BCUT2D eigenvalue weighted by Gasteiger charge is 2.32. The number of rotatable bonds is 3. The minimum absolute atomic E-state index is 0.195. The van der Waals surface area contributed by atoms with Crippen molar-refractivity contribution in [2.24, 2.45) is 0 Å². The molecule has 88 valence electrons. The van der Waals surface area contributed by atoms with Gasteiger partial charge in [-0.05, 0) is 6.07 Å². The average molecular weight is 235 g/mol. The van der Waals surface area contributed by atoms with E-state index < -0.39 is 24.1 Å². The molecule has 1 rings (SSSR count). The van der Waals surface area contributed by atoms with Crippen LogP contribution < -0.4 is 4.74 Å². The molecule has 1 N–H and O–H groups in total. The lowest BCUT2D eigenvalue weighted by Gasteiger charge is -2.09. The van der Waals surface area contributed by atoms with Gasteiger partial charge in [0.15, 0.2) is 0 Å². The summed E-state index contributed by atoms with van der Waals surface area (Å²) in [6.07, 6.45) is -5.14. The van der Waals surface area contributed by atoms with Gasteiger partial charge in [-0.1, -0.05) is 0 Å². The molecule has 7 heteroatoms. The maximum absolute atomic E-state index is 12.4. The van der Waals surface area contributed by atoms with E-state index in [2.05, 4.69) is 9.72 Å². The van der Waals surface area contributed by atoms with Crippen LogP contribution in [0.4, 0.5) is 13.2 Å². The predicted molar refractivity (Wildman–Crippen MR) is 47.1 cm³/mol. The summed E-state index contributed by atoms with van der Waals surface area (Å²) in [5, 5.41) is 8.46. The number of pyridine rings is 1. The lowest BCUT2D eigenvalue weighted by Crippen LogP contribution is -2.10. The Morgan fingerprint density at radius 2 is 2.12 bits per heavy atom. The van der Waals surface area contributed by atoms with Crippen LogP contribution in [0, 0.1) is 0 Å². The molecule has 16 heavy (non-hydrogen) atoms. The summed E-state index contributed by atoms with van der Waals surface area (Å²) in [5.74, 6) is -1.51. The van der Waals surface area contributed by atoms with Crippen LogP contribution in [0.5, 0.6) is 5.88 Å². The second kappa shape index (κ2) is 4.38. The maximum atomic E-state index is 12.4. The summed E-state index contributed by atoms with van der Waals surface area (Å²) in [5.41, 5.74) is -1.17. The Morgan fingerprint density at radius 3 is 2.56 bits per heavy atom. The van der Waals surface area contributed by atoms with E-state index in [9.17, 15) is 18.0 Å². The smallest absolute Gasteiger partial charge is 0.416 e. The fraction of sp³-hybridized carbons (Fsp3) is 0.333. The number of ether oxygens (including phenoxy) is 1. The molecule has 0 aromatic carbocycles. The summed E-state index contributed by atoms with van der Waals surface area (Å²) >= 11 is 0. The molecule has 0 saturated heterocycles. The summed E-state index contributed by atoms with van der Waals surface area (Å²) in [4.78, 5) is 14.0. The predicted octanol–water partition coefficient (Wildman–Crippen LogP) is 1.74. The number of hydrogen-bond acceptors (Lipinski definition) is 3. The standard InChI is InChI=1S/C9H8F3NO3/c1-16-7-3-5(9(10,11)12)2-6(13-7)4-8(14)15/h2-3H,4H2,1H3,(H,14,15). The van der Waals surface area contributed by atoms with Gasteiger partial charge in [0.05, 0.1) is 24.8 Å². The Kier molecular flexibility index (Phi) is 3.36. The monoisotopic (exact) mass is 235 g/mol. The molecule has 0 saturated carbocycles.